The second-order valence-corrected chi connectivity index (χ2v) is 10.1. The third-order valence-corrected chi connectivity index (χ3v) is 8.64. The molecule has 0 amide bonds. The van der Waals surface area contributed by atoms with E-state index >= 15 is 0 Å². The second-order valence-electron chi connectivity index (χ2n) is 8.12. The third kappa shape index (κ3) is 3.70. The van der Waals surface area contributed by atoms with Gasteiger partial charge in [0.1, 0.15) is 0 Å². The van der Waals surface area contributed by atoms with E-state index in [9.17, 15) is 13.6 Å². The molecule has 0 spiro atoms. The molecule has 0 aromatic heterocycles. The van der Waals surface area contributed by atoms with Crippen LogP contribution in [-0.4, -0.2) is 19.4 Å². The Hall–Kier alpha value is -1.85. The van der Waals surface area contributed by atoms with Crippen LogP contribution in [0.15, 0.2) is 53.4 Å². The fourth-order valence-electron chi connectivity index (χ4n) is 4.91. The predicted octanol–water partition coefficient (Wildman–Crippen LogP) is 5.63. The molecule has 2 aromatic carbocycles. The first-order valence-electron chi connectivity index (χ1n) is 10.2. The van der Waals surface area contributed by atoms with Crippen LogP contribution < -0.4 is 5.48 Å². The quantitative estimate of drug-likeness (QED) is 0.616. The maximum absolute atomic E-state index is 13.5. The number of hydrogen-bond donors (Lipinski definition) is 2. The molecule has 3 atom stereocenters. The molecule has 4 nitrogen and oxygen atoms in total. The van der Waals surface area contributed by atoms with E-state index in [0.717, 1.165) is 36.8 Å². The zero-order valence-electron chi connectivity index (χ0n) is 17.0. The summed E-state index contributed by atoms with van der Waals surface area (Å²) in [5, 5.41) is 9.43. The number of hydrogen-bond acceptors (Lipinski definition) is 4. The van der Waals surface area contributed by atoms with Crippen molar-refractivity contribution in [3.63, 3.8) is 0 Å². The monoisotopic (exact) mass is 401 g/mol. The second kappa shape index (κ2) is 8.26. The Morgan fingerprint density at radius 2 is 1.86 bits per heavy atom. The maximum atomic E-state index is 13.5. The Labute approximate surface area is 168 Å². The topological polar surface area (TPSA) is 66.4 Å². The highest BCUT2D eigenvalue weighted by Gasteiger charge is 2.47. The summed E-state index contributed by atoms with van der Waals surface area (Å²) in [7, 11) is -3.44. The van der Waals surface area contributed by atoms with Crippen molar-refractivity contribution in [3.05, 3.63) is 59.7 Å². The molecule has 0 bridgehead atoms. The van der Waals surface area contributed by atoms with Crippen LogP contribution in [0.25, 0.3) is 0 Å². The van der Waals surface area contributed by atoms with E-state index < -0.39 is 9.84 Å². The Bertz CT molecular complexity index is 911. The molecule has 0 saturated carbocycles. The summed E-state index contributed by atoms with van der Waals surface area (Å²) in [5.41, 5.74) is 4.33. The molecule has 0 fully saturated rings. The summed E-state index contributed by atoms with van der Waals surface area (Å²) in [4.78, 5) is 0.402. The van der Waals surface area contributed by atoms with Crippen LogP contribution in [0.2, 0.25) is 0 Å². The van der Waals surface area contributed by atoms with Gasteiger partial charge in [-0.25, -0.2) is 8.42 Å². The summed E-state index contributed by atoms with van der Waals surface area (Å²) < 4.78 is 26.9. The van der Waals surface area contributed by atoms with Gasteiger partial charge in [0.15, 0.2) is 9.84 Å². The minimum Gasteiger partial charge on any atom is -0.291 e. The Morgan fingerprint density at radius 1 is 1.14 bits per heavy atom. The summed E-state index contributed by atoms with van der Waals surface area (Å²) >= 11 is 0. The molecular formula is C23H31NO3S. The van der Waals surface area contributed by atoms with E-state index in [2.05, 4.69) is 38.4 Å². The molecule has 1 heterocycles. The molecule has 3 rings (SSSR count). The van der Waals surface area contributed by atoms with Gasteiger partial charge >= 0.3 is 0 Å². The first kappa shape index (κ1) is 20.9. The van der Waals surface area contributed by atoms with Crippen LogP contribution >= 0.6 is 0 Å². The first-order chi connectivity index (χ1) is 13.4. The molecule has 0 aliphatic carbocycles. The normalized spacial score (nSPS) is 26.3. The first-order valence-corrected chi connectivity index (χ1v) is 11.9. The van der Waals surface area contributed by atoms with E-state index in [4.69, 9.17) is 0 Å². The fourth-order valence-corrected chi connectivity index (χ4v) is 7.26. The van der Waals surface area contributed by atoms with Crippen LogP contribution in [0, 0.1) is 11.3 Å². The van der Waals surface area contributed by atoms with E-state index in [1.54, 1.807) is 18.2 Å². The molecule has 2 aromatic rings. The summed E-state index contributed by atoms with van der Waals surface area (Å²) in [6.07, 6.45) is 3.81. The number of sulfone groups is 1. The molecular weight excluding hydrogens is 370 g/mol. The Morgan fingerprint density at radius 3 is 2.46 bits per heavy atom. The highest BCUT2D eigenvalue weighted by Crippen LogP contribution is 2.52. The molecule has 5 heteroatoms. The van der Waals surface area contributed by atoms with Crippen molar-refractivity contribution in [2.45, 2.75) is 57.3 Å². The van der Waals surface area contributed by atoms with Gasteiger partial charge in [-0.3, -0.25) is 10.7 Å². The van der Waals surface area contributed by atoms with Crippen LogP contribution in [0.5, 0.6) is 0 Å². The van der Waals surface area contributed by atoms with Crippen molar-refractivity contribution in [2.24, 2.45) is 11.3 Å². The van der Waals surface area contributed by atoms with Crippen molar-refractivity contribution in [2.75, 3.05) is 11.2 Å². The van der Waals surface area contributed by atoms with Crippen molar-refractivity contribution < 1.29 is 13.6 Å². The molecule has 0 radical (unpaired) electrons. The lowest BCUT2D eigenvalue weighted by atomic mass is 9.64. The minimum atomic E-state index is -3.44. The largest absolute Gasteiger partial charge is 0.291 e. The number of unbranched alkanes of at least 4 members (excludes halogenated alkanes) is 1. The van der Waals surface area contributed by atoms with Gasteiger partial charge in [-0.15, -0.1) is 0 Å². The van der Waals surface area contributed by atoms with Gasteiger partial charge in [0, 0.05) is 5.92 Å². The highest BCUT2D eigenvalue weighted by molar-refractivity contribution is 7.91. The Kier molecular flexibility index (Phi) is 6.15. The number of rotatable bonds is 6. The number of fused-ring (bicyclic) bond motifs is 1. The van der Waals surface area contributed by atoms with Gasteiger partial charge in [-0.2, -0.15) is 0 Å². The molecule has 28 heavy (non-hydrogen) atoms. The summed E-state index contributed by atoms with van der Waals surface area (Å²) in [5.74, 6) is 0.287. The highest BCUT2D eigenvalue weighted by atomic mass is 32.2. The van der Waals surface area contributed by atoms with Gasteiger partial charge in [-0.1, -0.05) is 63.9 Å². The standard InChI is InChI=1S/C23H31NO3S/c1-4-6-14-23(5-2)16-28(26,27)21-13-12-19(24-25)15-20(21)22(17(23)3)18-10-8-7-9-11-18/h7-13,15,17,22,24-25H,4-6,14,16H2,1-3H3/t17-,22-,23?/m1/s1. The summed E-state index contributed by atoms with van der Waals surface area (Å²) in [6.45, 7) is 6.49. The van der Waals surface area contributed by atoms with E-state index in [1.807, 2.05) is 18.2 Å². The van der Waals surface area contributed by atoms with Gasteiger partial charge < -0.3 is 0 Å². The number of nitrogens with one attached hydrogen (secondary N) is 1. The zero-order chi connectivity index (χ0) is 20.4. The third-order valence-electron chi connectivity index (χ3n) is 6.64. The average Bonchev–Trinajstić information content (AvgIpc) is 2.78. The SMILES string of the molecule is CCCCC1(CC)CS(=O)(=O)c2ccc(NO)cc2[C@@H](c2ccccc2)[C@H]1C. The van der Waals surface area contributed by atoms with Gasteiger partial charge in [0.25, 0.3) is 0 Å². The van der Waals surface area contributed by atoms with Crippen molar-refractivity contribution >= 4 is 15.5 Å². The van der Waals surface area contributed by atoms with Crippen LogP contribution in [0.3, 0.4) is 0 Å². The number of anilines is 1. The molecule has 0 saturated heterocycles. The van der Waals surface area contributed by atoms with Crippen molar-refractivity contribution in [3.8, 4) is 0 Å². The fraction of sp³-hybridized carbons (Fsp3) is 0.478. The number of benzene rings is 2. The Balaban J connectivity index is 2.29. The van der Waals surface area contributed by atoms with E-state index in [1.165, 1.54) is 0 Å². The lowest BCUT2D eigenvalue weighted by Crippen LogP contribution is -2.37. The zero-order valence-corrected chi connectivity index (χ0v) is 17.8. The van der Waals surface area contributed by atoms with Crippen molar-refractivity contribution in [1.29, 1.82) is 0 Å². The molecule has 1 aliphatic rings. The molecule has 1 aliphatic heterocycles. The minimum absolute atomic E-state index is 0.0430. The molecule has 152 valence electrons. The van der Waals surface area contributed by atoms with Gasteiger partial charge in [0.2, 0.25) is 0 Å². The predicted molar refractivity (Wildman–Crippen MR) is 114 cm³/mol. The summed E-state index contributed by atoms with van der Waals surface area (Å²) in [6, 6.07) is 15.3. The smallest absolute Gasteiger partial charge is 0.179 e. The van der Waals surface area contributed by atoms with Crippen LogP contribution in [-0.2, 0) is 9.84 Å². The maximum Gasteiger partial charge on any atom is 0.179 e. The van der Waals surface area contributed by atoms with Crippen LogP contribution in [0.4, 0.5) is 5.69 Å². The molecule has 1 unspecified atom stereocenters. The molecule has 2 N–H and O–H groups in total. The van der Waals surface area contributed by atoms with Crippen molar-refractivity contribution in [1.82, 2.24) is 0 Å². The average molecular weight is 402 g/mol. The van der Waals surface area contributed by atoms with E-state index in [-0.39, 0.29) is 23.0 Å². The van der Waals surface area contributed by atoms with Gasteiger partial charge in [-0.05, 0) is 53.5 Å². The lowest BCUT2D eigenvalue weighted by molar-refractivity contribution is 0.160. The van der Waals surface area contributed by atoms with E-state index in [0.29, 0.717) is 10.6 Å². The lowest BCUT2D eigenvalue weighted by Gasteiger charge is -2.41. The van der Waals surface area contributed by atoms with Crippen LogP contribution in [0.1, 0.15) is 63.5 Å². The van der Waals surface area contributed by atoms with Gasteiger partial charge in [0.05, 0.1) is 16.3 Å².